The van der Waals surface area contributed by atoms with Gasteiger partial charge in [-0.2, -0.15) is 0 Å². The Hall–Kier alpha value is -2.07. The molecule has 98 valence electrons. The average molecular weight is 261 g/mol. The van der Waals surface area contributed by atoms with E-state index in [1.54, 1.807) is 24.3 Å². The summed E-state index contributed by atoms with van der Waals surface area (Å²) in [5.41, 5.74) is 6.49. The van der Waals surface area contributed by atoms with Crippen LogP contribution in [0.2, 0.25) is 0 Å². The molecule has 0 spiro atoms. The van der Waals surface area contributed by atoms with E-state index in [1.165, 1.54) is 0 Å². The molecule has 0 saturated carbocycles. The molecule has 0 aliphatic heterocycles. The number of carbonyl (C=O) groups is 1. The van der Waals surface area contributed by atoms with Crippen molar-refractivity contribution in [1.29, 1.82) is 0 Å². The first-order valence-corrected chi connectivity index (χ1v) is 5.85. The number of benzene rings is 2. The Kier molecular flexibility index (Phi) is 4.02. The molecule has 0 aromatic heterocycles. The lowest BCUT2D eigenvalue weighted by atomic mass is 9.98. The van der Waals surface area contributed by atoms with Crippen LogP contribution >= 0.6 is 0 Å². The summed E-state index contributed by atoms with van der Waals surface area (Å²) in [6.07, 6.45) is -0.223. The van der Waals surface area contributed by atoms with Gasteiger partial charge in [-0.05, 0) is 29.3 Å². The van der Waals surface area contributed by atoms with Gasteiger partial charge in [0.05, 0.1) is 6.04 Å². The summed E-state index contributed by atoms with van der Waals surface area (Å²) in [5.74, 6) is -1.52. The molecule has 4 heteroatoms. The lowest BCUT2D eigenvalue weighted by Gasteiger charge is -2.11. The third-order valence-electron chi connectivity index (χ3n) is 2.88. The van der Waals surface area contributed by atoms with Gasteiger partial charge in [-0.15, -0.1) is 0 Å². The minimum atomic E-state index is -0.830. The van der Waals surface area contributed by atoms with Gasteiger partial charge in [-0.25, -0.2) is 8.78 Å². The summed E-state index contributed by atoms with van der Waals surface area (Å²) in [6.45, 7) is 0. The van der Waals surface area contributed by atoms with Gasteiger partial charge in [0, 0.05) is 6.42 Å². The highest BCUT2D eigenvalue weighted by Crippen LogP contribution is 2.16. The summed E-state index contributed by atoms with van der Waals surface area (Å²) >= 11 is 0. The minimum absolute atomic E-state index is 0.0244. The van der Waals surface area contributed by atoms with E-state index in [1.807, 2.05) is 6.07 Å². The van der Waals surface area contributed by atoms with Crippen LogP contribution < -0.4 is 5.73 Å². The maximum absolute atomic E-state index is 13.4. The van der Waals surface area contributed by atoms with Crippen molar-refractivity contribution in [1.82, 2.24) is 0 Å². The Labute approximate surface area is 109 Å². The molecule has 1 unspecified atom stereocenters. The minimum Gasteiger partial charge on any atom is -0.318 e. The highest BCUT2D eigenvalue weighted by Gasteiger charge is 2.17. The molecule has 0 radical (unpaired) electrons. The van der Waals surface area contributed by atoms with Crippen LogP contribution in [0.3, 0.4) is 0 Å². The van der Waals surface area contributed by atoms with Gasteiger partial charge in [-0.3, -0.25) is 4.79 Å². The Morgan fingerprint density at radius 2 is 1.79 bits per heavy atom. The monoisotopic (exact) mass is 261 g/mol. The molecule has 0 heterocycles. The number of nitrogens with two attached hydrogens (primary N) is 1. The number of hydrogen-bond acceptors (Lipinski definition) is 2. The largest absolute Gasteiger partial charge is 0.318 e. The summed E-state index contributed by atoms with van der Waals surface area (Å²) < 4.78 is 26.4. The van der Waals surface area contributed by atoms with Gasteiger partial charge in [0.1, 0.15) is 11.6 Å². The smallest absolute Gasteiger partial charge is 0.158 e. The maximum atomic E-state index is 13.4. The highest BCUT2D eigenvalue weighted by atomic mass is 19.1. The van der Waals surface area contributed by atoms with Gasteiger partial charge in [-0.1, -0.05) is 30.3 Å². The standard InChI is InChI=1S/C15H13F2NO/c16-12-6-7-13(17)11(8-12)9-14(19)15(18)10-4-2-1-3-5-10/h1-8,15H,9,18H2. The Morgan fingerprint density at radius 3 is 2.47 bits per heavy atom. The highest BCUT2D eigenvalue weighted by molar-refractivity contribution is 5.87. The van der Waals surface area contributed by atoms with Crippen molar-refractivity contribution in [3.8, 4) is 0 Å². The van der Waals surface area contributed by atoms with Crippen LogP contribution in [-0.2, 0) is 11.2 Å². The molecule has 2 aromatic carbocycles. The normalized spacial score (nSPS) is 12.2. The van der Waals surface area contributed by atoms with Crippen molar-refractivity contribution < 1.29 is 13.6 Å². The fourth-order valence-electron chi connectivity index (χ4n) is 1.82. The van der Waals surface area contributed by atoms with Gasteiger partial charge < -0.3 is 5.73 Å². The van der Waals surface area contributed by atoms with Crippen molar-refractivity contribution in [3.63, 3.8) is 0 Å². The lowest BCUT2D eigenvalue weighted by molar-refractivity contribution is -0.119. The van der Waals surface area contributed by atoms with E-state index in [0.29, 0.717) is 5.56 Å². The number of halogens is 2. The van der Waals surface area contributed by atoms with Crippen LogP contribution in [-0.4, -0.2) is 5.78 Å². The van der Waals surface area contributed by atoms with E-state index in [9.17, 15) is 13.6 Å². The number of Topliss-reactive ketones (excluding diaryl/α,β-unsaturated/α-hetero) is 1. The number of carbonyl (C=O) groups excluding carboxylic acids is 1. The van der Waals surface area contributed by atoms with Crippen LogP contribution in [0.1, 0.15) is 17.2 Å². The second-order valence-corrected chi connectivity index (χ2v) is 4.27. The van der Waals surface area contributed by atoms with Crippen molar-refractivity contribution >= 4 is 5.78 Å². The van der Waals surface area contributed by atoms with E-state index < -0.39 is 17.7 Å². The molecule has 0 saturated heterocycles. The van der Waals surface area contributed by atoms with Crippen LogP contribution in [0.25, 0.3) is 0 Å². The molecular formula is C15H13F2NO. The van der Waals surface area contributed by atoms with Crippen LogP contribution in [0, 0.1) is 11.6 Å². The third-order valence-corrected chi connectivity index (χ3v) is 2.88. The predicted molar refractivity (Wildman–Crippen MR) is 68.4 cm³/mol. The second-order valence-electron chi connectivity index (χ2n) is 4.27. The summed E-state index contributed by atoms with van der Waals surface area (Å²) in [4.78, 5) is 12.0. The van der Waals surface area contributed by atoms with Gasteiger partial charge in [0.15, 0.2) is 5.78 Å². The molecule has 2 aromatic rings. The van der Waals surface area contributed by atoms with Crippen LogP contribution in [0.5, 0.6) is 0 Å². The molecule has 2 N–H and O–H groups in total. The predicted octanol–water partition coefficient (Wildman–Crippen LogP) is 2.78. The van der Waals surface area contributed by atoms with Crippen molar-refractivity contribution in [2.24, 2.45) is 5.73 Å². The average Bonchev–Trinajstić information content (AvgIpc) is 2.43. The summed E-state index contributed by atoms with van der Waals surface area (Å²) in [6, 6.07) is 11.0. The fraction of sp³-hybridized carbons (Fsp3) is 0.133. The number of hydrogen-bond donors (Lipinski definition) is 1. The molecule has 19 heavy (non-hydrogen) atoms. The van der Waals surface area contributed by atoms with E-state index in [0.717, 1.165) is 18.2 Å². The molecule has 0 aliphatic rings. The zero-order chi connectivity index (χ0) is 13.8. The van der Waals surface area contributed by atoms with Gasteiger partial charge in [0.25, 0.3) is 0 Å². The first-order chi connectivity index (χ1) is 9.08. The first kappa shape index (κ1) is 13.4. The molecule has 0 aliphatic carbocycles. The topological polar surface area (TPSA) is 43.1 Å². The van der Waals surface area contributed by atoms with Crippen LogP contribution in [0.4, 0.5) is 8.78 Å². The van der Waals surface area contributed by atoms with Crippen LogP contribution in [0.15, 0.2) is 48.5 Å². The van der Waals surface area contributed by atoms with E-state index in [4.69, 9.17) is 5.73 Å². The number of ketones is 1. The van der Waals surface area contributed by atoms with Gasteiger partial charge >= 0.3 is 0 Å². The zero-order valence-electron chi connectivity index (χ0n) is 10.1. The first-order valence-electron chi connectivity index (χ1n) is 5.85. The molecule has 2 nitrogen and oxygen atoms in total. The van der Waals surface area contributed by atoms with E-state index in [2.05, 4.69) is 0 Å². The Bertz CT molecular complexity index is 584. The van der Waals surface area contributed by atoms with Crippen molar-refractivity contribution in [2.75, 3.05) is 0 Å². The fourth-order valence-corrected chi connectivity index (χ4v) is 1.82. The molecule has 2 rings (SSSR count). The number of rotatable bonds is 4. The Morgan fingerprint density at radius 1 is 1.11 bits per heavy atom. The summed E-state index contributed by atoms with van der Waals surface area (Å²) in [7, 11) is 0. The Balaban J connectivity index is 2.15. The SMILES string of the molecule is NC(C(=O)Cc1cc(F)ccc1F)c1ccccc1. The quantitative estimate of drug-likeness (QED) is 0.919. The third kappa shape index (κ3) is 3.23. The molecule has 0 amide bonds. The van der Waals surface area contributed by atoms with E-state index in [-0.39, 0.29) is 17.8 Å². The molecule has 1 atom stereocenters. The second kappa shape index (κ2) is 5.71. The van der Waals surface area contributed by atoms with Crippen molar-refractivity contribution in [3.05, 3.63) is 71.3 Å². The molecule has 0 fully saturated rings. The van der Waals surface area contributed by atoms with Crippen molar-refractivity contribution in [2.45, 2.75) is 12.5 Å². The van der Waals surface area contributed by atoms with E-state index >= 15 is 0 Å². The summed E-state index contributed by atoms with van der Waals surface area (Å²) in [5, 5.41) is 0. The molecular weight excluding hydrogens is 248 g/mol. The lowest BCUT2D eigenvalue weighted by Crippen LogP contribution is -2.23. The van der Waals surface area contributed by atoms with Gasteiger partial charge in [0.2, 0.25) is 0 Å². The zero-order valence-corrected chi connectivity index (χ0v) is 10.1. The maximum Gasteiger partial charge on any atom is 0.158 e. The molecule has 0 bridgehead atoms.